The molecule has 0 aliphatic heterocycles. The van der Waals surface area contributed by atoms with Crippen LogP contribution in [0.5, 0.6) is 0 Å². The van der Waals surface area contributed by atoms with Crippen molar-refractivity contribution in [1.29, 1.82) is 0 Å². The topological polar surface area (TPSA) is 0 Å². The summed E-state index contributed by atoms with van der Waals surface area (Å²) >= 11 is -3.10. The summed E-state index contributed by atoms with van der Waals surface area (Å²) in [4.78, 5) is 0. The SMILES string of the molecule is CC(C)(C)c1cc2c(cc1-c1ccccc1)[CH]([Zr]([C]1=CC=CC1)=[C](c1ccc3ccccc3c1)c1ccc3ccccc3c1)c1cc(-c3ccccc3)c(C(C)(C)C)cc1-2.Cl.Cl. The zero-order valence-corrected chi connectivity index (χ0v) is 40.6. The van der Waals surface area contributed by atoms with Gasteiger partial charge in [0.1, 0.15) is 0 Å². The second-order valence-corrected chi connectivity index (χ2v) is 25.1. The number of halogens is 2. The van der Waals surface area contributed by atoms with Gasteiger partial charge in [-0.1, -0.05) is 0 Å². The van der Waals surface area contributed by atoms with Crippen LogP contribution in [0.25, 0.3) is 54.9 Å². The first-order valence-corrected chi connectivity index (χ1v) is 25.5. The molecule has 0 saturated carbocycles. The van der Waals surface area contributed by atoms with Gasteiger partial charge in [0.25, 0.3) is 0 Å². The van der Waals surface area contributed by atoms with E-state index in [1.54, 1.807) is 6.49 Å². The predicted molar refractivity (Wildman–Crippen MR) is 269 cm³/mol. The maximum Gasteiger partial charge on any atom is -0.147 e. The predicted octanol–water partition coefficient (Wildman–Crippen LogP) is 16.6. The number of fused-ring (bicyclic) bond motifs is 5. The maximum atomic E-state index is 2.65. The van der Waals surface area contributed by atoms with Crippen LogP contribution < -0.4 is 0 Å². The van der Waals surface area contributed by atoms with Crippen LogP contribution in [-0.4, -0.2) is 3.21 Å². The van der Waals surface area contributed by atoms with Gasteiger partial charge >= 0.3 is 367 Å². The second kappa shape index (κ2) is 17.3. The molecule has 2 aliphatic carbocycles. The van der Waals surface area contributed by atoms with Crippen LogP contribution in [0, 0.1) is 0 Å². The molecule has 8 aromatic carbocycles. The summed E-state index contributed by atoms with van der Waals surface area (Å²) in [5.74, 6) is 0. The van der Waals surface area contributed by atoms with Crippen LogP contribution in [0.2, 0.25) is 0 Å². The zero-order chi connectivity index (χ0) is 41.2. The molecule has 8 aromatic rings. The molecule has 0 nitrogen and oxygen atoms in total. The van der Waals surface area contributed by atoms with Crippen molar-refractivity contribution >= 4 is 49.6 Å². The Hall–Kier alpha value is -4.91. The summed E-state index contributed by atoms with van der Waals surface area (Å²) in [6, 6.07) is 65.2. The molecule has 0 fully saturated rings. The van der Waals surface area contributed by atoms with Crippen molar-refractivity contribution in [3.8, 4) is 33.4 Å². The summed E-state index contributed by atoms with van der Waals surface area (Å²) in [6.07, 6.45) is 8.26. The smallest absolute Gasteiger partial charge is 0.147 e. The van der Waals surface area contributed by atoms with Crippen LogP contribution in [-0.2, 0) is 32.1 Å². The van der Waals surface area contributed by atoms with Crippen LogP contribution in [0.4, 0.5) is 0 Å². The van der Waals surface area contributed by atoms with Gasteiger partial charge in [-0.2, -0.15) is 0 Å². The van der Waals surface area contributed by atoms with Crippen LogP contribution in [0.15, 0.2) is 191 Å². The van der Waals surface area contributed by atoms with E-state index in [2.05, 4.69) is 230 Å². The maximum absolute atomic E-state index is 3.10. The van der Waals surface area contributed by atoms with Crippen molar-refractivity contribution in [1.82, 2.24) is 0 Å². The van der Waals surface area contributed by atoms with E-state index in [9.17, 15) is 0 Å². The van der Waals surface area contributed by atoms with Gasteiger partial charge in [-0.05, 0) is 0 Å². The van der Waals surface area contributed by atoms with Gasteiger partial charge in [0.05, 0.1) is 0 Å². The quantitative estimate of drug-likeness (QED) is 0.156. The van der Waals surface area contributed by atoms with Gasteiger partial charge in [-0.15, -0.1) is 24.8 Å². The molecule has 308 valence electrons. The molecule has 0 atom stereocenters. The Balaban J connectivity index is 0.00000264. The molecule has 10 rings (SSSR count). The van der Waals surface area contributed by atoms with Crippen LogP contribution >= 0.6 is 24.8 Å². The number of rotatable bonds is 6. The number of benzene rings is 8. The van der Waals surface area contributed by atoms with E-state index in [0.29, 0.717) is 0 Å². The molecule has 0 aromatic heterocycles. The van der Waals surface area contributed by atoms with E-state index >= 15 is 0 Å². The van der Waals surface area contributed by atoms with Crippen molar-refractivity contribution in [2.24, 2.45) is 0 Å². The van der Waals surface area contributed by atoms with Crippen molar-refractivity contribution in [3.63, 3.8) is 0 Å². The number of hydrogen-bond acceptors (Lipinski definition) is 0. The van der Waals surface area contributed by atoms with Crippen LogP contribution in [0.3, 0.4) is 0 Å². The first-order chi connectivity index (χ1) is 29.0. The van der Waals surface area contributed by atoms with E-state index in [1.807, 2.05) is 0 Å². The van der Waals surface area contributed by atoms with Crippen molar-refractivity contribution < 1.29 is 21.3 Å². The molecule has 3 heteroatoms. The Morgan fingerprint density at radius 2 is 0.871 bits per heavy atom. The third-order valence-corrected chi connectivity index (χ3v) is 21.1. The second-order valence-electron chi connectivity index (χ2n) is 18.9. The summed E-state index contributed by atoms with van der Waals surface area (Å²) in [6.45, 7) is 14.3. The van der Waals surface area contributed by atoms with Gasteiger partial charge in [-0.3, -0.25) is 0 Å². The van der Waals surface area contributed by atoms with Crippen molar-refractivity contribution in [2.45, 2.75) is 62.4 Å². The van der Waals surface area contributed by atoms with Crippen molar-refractivity contribution in [3.05, 3.63) is 225 Å². The summed E-state index contributed by atoms with van der Waals surface area (Å²) in [5.41, 5.74) is 16.6. The molecule has 0 heterocycles. The molecular weight excluding hydrogens is 871 g/mol. The zero-order valence-electron chi connectivity index (χ0n) is 36.5. The number of hydrogen-bond donors (Lipinski definition) is 0. The molecule has 0 bridgehead atoms. The minimum Gasteiger partial charge on any atom is -0.147 e. The Morgan fingerprint density at radius 1 is 0.452 bits per heavy atom. The Morgan fingerprint density at radius 3 is 1.27 bits per heavy atom. The fraction of sp³-hybridized carbons (Fsp3) is 0.169. The Kier molecular flexibility index (Phi) is 12.2. The fourth-order valence-electron chi connectivity index (χ4n) is 9.91. The summed E-state index contributed by atoms with van der Waals surface area (Å²) in [5, 5.41) is 5.16. The molecule has 0 saturated heterocycles. The average Bonchev–Trinajstić information content (AvgIpc) is 3.91. The molecule has 0 amide bonds. The first kappa shape index (κ1) is 43.7. The number of allylic oxidation sites excluding steroid dienone is 4. The van der Waals surface area contributed by atoms with Crippen molar-refractivity contribution in [2.75, 3.05) is 0 Å². The molecule has 2 aliphatic rings. The summed E-state index contributed by atoms with van der Waals surface area (Å²) < 4.78 is 3.49. The first-order valence-electron chi connectivity index (χ1n) is 21.6. The van der Waals surface area contributed by atoms with E-state index in [1.165, 1.54) is 88.3 Å². The molecule has 62 heavy (non-hydrogen) atoms. The van der Waals surface area contributed by atoms with Gasteiger partial charge in [-0.25, -0.2) is 0 Å². The third-order valence-electron chi connectivity index (χ3n) is 12.8. The monoisotopic (exact) mass is 922 g/mol. The minimum absolute atomic E-state index is 0. The fourth-order valence-corrected chi connectivity index (χ4v) is 18.8. The van der Waals surface area contributed by atoms with Gasteiger partial charge < -0.3 is 0 Å². The average molecular weight is 925 g/mol. The van der Waals surface area contributed by atoms with Gasteiger partial charge in [0.15, 0.2) is 0 Å². The van der Waals surface area contributed by atoms with E-state index in [0.717, 1.165) is 6.42 Å². The van der Waals surface area contributed by atoms with E-state index in [4.69, 9.17) is 0 Å². The summed E-state index contributed by atoms with van der Waals surface area (Å²) in [7, 11) is 0. The van der Waals surface area contributed by atoms with E-state index in [-0.39, 0.29) is 39.3 Å². The largest absolute Gasteiger partial charge is 0.147 e. The minimum atomic E-state index is -3.10. The molecule has 0 spiro atoms. The molecular formula is C59H54Cl2Zr. The Labute approximate surface area is 388 Å². The molecule has 0 N–H and O–H groups in total. The normalized spacial score (nSPS) is 13.3. The van der Waals surface area contributed by atoms with Crippen LogP contribution in [0.1, 0.15) is 85.0 Å². The van der Waals surface area contributed by atoms with Gasteiger partial charge in [0.2, 0.25) is 0 Å². The van der Waals surface area contributed by atoms with E-state index < -0.39 is 21.3 Å². The third kappa shape index (κ3) is 7.98. The standard InChI is InChI=1S/C33H33.C21H14.C5H5.2ClH.Zr/c1-32(2,3)30-20-26-24(18-28(30)22-13-9-7-10-14-22)17-25-19-29(23-15-11-8-12-16-23)31(21-27(25)26)33(4,5)6;1-3-7-20-14-16(9-11-18(20)5-1)13-17-10-12-19-6-2-4-8-21(19)15-17;1-2-4-5-3-1;;;/h7-21H,1-6H3;1-12,14-15H;1-3H,4H2;2*1H;. The van der Waals surface area contributed by atoms with Gasteiger partial charge in [0, 0.05) is 0 Å². The molecule has 0 radical (unpaired) electrons. The Bertz CT molecular complexity index is 2880. The molecule has 0 unspecified atom stereocenters.